The van der Waals surface area contributed by atoms with Crippen molar-refractivity contribution in [3.8, 4) is 5.75 Å². The number of anilines is 1. The first-order chi connectivity index (χ1) is 28.2. The molecule has 59 heavy (non-hydrogen) atoms. The van der Waals surface area contributed by atoms with Crippen LogP contribution in [0.1, 0.15) is 75.3 Å². The highest BCUT2D eigenvalue weighted by Gasteiger charge is 2.80. The Balaban J connectivity index is 1.36. The Hall–Kier alpha value is -4.43. The summed E-state index contributed by atoms with van der Waals surface area (Å²) in [5.41, 5.74) is -1.62. The Morgan fingerprint density at radius 2 is 1.71 bits per heavy atom. The molecule has 3 fully saturated rings. The molecule has 2 bridgehead atoms. The van der Waals surface area contributed by atoms with Crippen molar-refractivity contribution in [3.63, 3.8) is 0 Å². The molecule has 5 aliphatic heterocycles. The molecule has 9 rings (SSSR count). The molecule has 13 heteroatoms. The van der Waals surface area contributed by atoms with Gasteiger partial charge in [-0.2, -0.15) is 0 Å². The molecule has 2 aromatic carbocycles. The van der Waals surface area contributed by atoms with E-state index in [1.165, 1.54) is 21.1 Å². The topological polar surface area (TPSA) is 154 Å². The Bertz CT molecular complexity index is 2260. The number of esters is 3. The van der Waals surface area contributed by atoms with Gasteiger partial charge in [-0.25, -0.2) is 4.79 Å². The van der Waals surface area contributed by atoms with Crippen molar-refractivity contribution >= 4 is 34.5 Å². The summed E-state index contributed by atoms with van der Waals surface area (Å²) in [6.45, 7) is 8.62. The second-order valence-corrected chi connectivity index (χ2v) is 18.2. The third-order valence-electron chi connectivity index (χ3n) is 15.6. The number of aliphatic hydroxyl groups is 2. The quantitative estimate of drug-likeness (QED) is 0.180. The lowest BCUT2D eigenvalue weighted by Crippen LogP contribution is -2.81. The molecule has 1 aromatic heterocycles. The summed E-state index contributed by atoms with van der Waals surface area (Å²) < 4.78 is 23.9. The Labute approximate surface area is 345 Å². The van der Waals surface area contributed by atoms with E-state index in [-0.39, 0.29) is 12.0 Å². The minimum atomic E-state index is -2.30. The normalized spacial score (nSPS) is 37.0. The summed E-state index contributed by atoms with van der Waals surface area (Å²) in [6.07, 6.45) is 5.94. The van der Waals surface area contributed by atoms with Crippen molar-refractivity contribution in [2.24, 2.45) is 11.3 Å². The van der Waals surface area contributed by atoms with E-state index in [4.69, 9.17) is 18.9 Å². The van der Waals surface area contributed by atoms with Crippen molar-refractivity contribution in [1.82, 2.24) is 14.8 Å². The minimum Gasteiger partial charge on any atom is -0.496 e. The number of carbonyl (C=O) groups excluding carboxylic acids is 3. The number of rotatable bonds is 7. The maximum Gasteiger partial charge on any atom is 0.344 e. The highest BCUT2D eigenvalue weighted by Crippen LogP contribution is 2.68. The van der Waals surface area contributed by atoms with Crippen LogP contribution in [0.3, 0.4) is 0 Å². The Morgan fingerprint density at radius 1 is 0.949 bits per heavy atom. The van der Waals surface area contributed by atoms with Gasteiger partial charge in [0.25, 0.3) is 0 Å². The number of carbonyl (C=O) groups is 3. The molecule has 2 saturated heterocycles. The van der Waals surface area contributed by atoms with Crippen LogP contribution in [-0.2, 0) is 45.8 Å². The number of benzene rings is 2. The van der Waals surface area contributed by atoms with Crippen molar-refractivity contribution < 1.29 is 43.5 Å². The second-order valence-electron chi connectivity index (χ2n) is 18.2. The predicted octanol–water partition coefficient (Wildman–Crippen LogP) is 3.99. The van der Waals surface area contributed by atoms with Gasteiger partial charge in [0.2, 0.25) is 5.60 Å². The van der Waals surface area contributed by atoms with Crippen LogP contribution in [0.25, 0.3) is 10.9 Å². The summed E-state index contributed by atoms with van der Waals surface area (Å²) in [5, 5.41) is 26.3. The van der Waals surface area contributed by atoms with Gasteiger partial charge in [0.1, 0.15) is 11.2 Å². The number of aromatic nitrogens is 1. The number of hydrogen-bond acceptors (Lipinski definition) is 12. The van der Waals surface area contributed by atoms with E-state index >= 15 is 4.79 Å². The number of ether oxygens (including phenoxy) is 4. The SMILES string of the molecule is CC[C@]1(O)C[C@H]2CN(CCc3c([nH]c4ccccc34)[C@](C(=O)OC)(c3cc4c(cc3OC)N(C)[C@@H]3[C@](O)(C(=O)OC)[C@H](OC(C)=O)[C@]5(CC)C=CCN6CC[C@]43[C@@H]65)C2)C1. The lowest BCUT2D eigenvalue weighted by Gasteiger charge is -2.63. The smallest absolute Gasteiger partial charge is 0.344 e. The number of methoxy groups -OCH3 is 3. The van der Waals surface area contributed by atoms with Gasteiger partial charge in [0, 0.05) is 90.9 Å². The van der Waals surface area contributed by atoms with Crippen LogP contribution in [0.15, 0.2) is 48.6 Å². The summed E-state index contributed by atoms with van der Waals surface area (Å²) >= 11 is 0. The highest BCUT2D eigenvalue weighted by molar-refractivity contribution is 5.95. The zero-order valence-corrected chi connectivity index (χ0v) is 35.3. The predicted molar refractivity (Wildman–Crippen MR) is 220 cm³/mol. The molecule has 6 heterocycles. The van der Waals surface area contributed by atoms with Crippen molar-refractivity contribution in [2.75, 3.05) is 66.0 Å². The van der Waals surface area contributed by atoms with Crippen LogP contribution in [0.2, 0.25) is 0 Å². The Morgan fingerprint density at radius 3 is 2.41 bits per heavy atom. The van der Waals surface area contributed by atoms with Gasteiger partial charge in [0.15, 0.2) is 6.10 Å². The monoisotopic (exact) mass is 810 g/mol. The average molecular weight is 811 g/mol. The van der Waals surface area contributed by atoms with Crippen LogP contribution in [-0.4, -0.2) is 133 Å². The molecule has 3 aromatic rings. The summed E-state index contributed by atoms with van der Waals surface area (Å²) in [7, 11) is 6.15. The van der Waals surface area contributed by atoms with Crippen LogP contribution in [0.5, 0.6) is 5.75 Å². The molecule has 1 saturated carbocycles. The summed E-state index contributed by atoms with van der Waals surface area (Å²) in [6, 6.07) is 11.0. The number of fused-ring (bicyclic) bond motifs is 6. The van der Waals surface area contributed by atoms with E-state index < -0.39 is 57.5 Å². The van der Waals surface area contributed by atoms with Gasteiger partial charge < -0.3 is 39.0 Å². The summed E-state index contributed by atoms with van der Waals surface area (Å²) in [4.78, 5) is 53.2. The third kappa shape index (κ3) is 5.20. The van der Waals surface area contributed by atoms with Gasteiger partial charge in [-0.15, -0.1) is 0 Å². The number of H-pyrrole nitrogens is 1. The van der Waals surface area contributed by atoms with E-state index in [9.17, 15) is 19.8 Å². The summed E-state index contributed by atoms with van der Waals surface area (Å²) in [5.74, 6) is -1.56. The molecule has 1 spiro atoms. The number of hydrogen-bond donors (Lipinski definition) is 3. The van der Waals surface area contributed by atoms with E-state index in [0.29, 0.717) is 82.6 Å². The largest absolute Gasteiger partial charge is 0.496 e. The van der Waals surface area contributed by atoms with Crippen LogP contribution >= 0.6 is 0 Å². The average Bonchev–Trinajstić information content (AvgIpc) is 3.90. The lowest BCUT2D eigenvalue weighted by atomic mass is 9.47. The molecule has 6 aliphatic rings. The molecule has 1 aliphatic carbocycles. The minimum absolute atomic E-state index is 0.0986. The fourth-order valence-electron chi connectivity index (χ4n) is 13.5. The van der Waals surface area contributed by atoms with Gasteiger partial charge in [-0.1, -0.05) is 44.2 Å². The van der Waals surface area contributed by atoms with Crippen molar-refractivity contribution in [2.45, 2.75) is 99.5 Å². The third-order valence-corrected chi connectivity index (χ3v) is 15.6. The first-order valence-electron chi connectivity index (χ1n) is 21.2. The van der Waals surface area contributed by atoms with Gasteiger partial charge >= 0.3 is 17.9 Å². The molecule has 316 valence electrons. The van der Waals surface area contributed by atoms with Crippen molar-refractivity contribution in [3.05, 3.63) is 70.9 Å². The molecule has 3 N–H and O–H groups in total. The van der Waals surface area contributed by atoms with Gasteiger partial charge in [-0.3, -0.25) is 19.4 Å². The molecular formula is C46H58N4O9. The first-order valence-corrected chi connectivity index (χ1v) is 21.2. The molecule has 10 atom stereocenters. The number of nitrogens with zero attached hydrogens (tertiary/aromatic N) is 3. The molecular weight excluding hydrogens is 753 g/mol. The molecule has 13 nitrogen and oxygen atoms in total. The Kier molecular flexibility index (Phi) is 9.36. The van der Waals surface area contributed by atoms with Crippen LogP contribution < -0.4 is 9.64 Å². The maximum absolute atomic E-state index is 15.3. The first kappa shape index (κ1) is 40.0. The van der Waals surface area contributed by atoms with E-state index in [0.717, 1.165) is 33.4 Å². The van der Waals surface area contributed by atoms with Crippen LogP contribution in [0, 0.1) is 11.3 Å². The van der Waals surface area contributed by atoms with Crippen LogP contribution in [0.4, 0.5) is 5.69 Å². The number of aromatic amines is 1. The van der Waals surface area contributed by atoms with E-state index in [1.54, 1.807) is 7.11 Å². The molecule has 0 radical (unpaired) electrons. The number of para-hydroxylation sites is 1. The van der Waals surface area contributed by atoms with Crippen molar-refractivity contribution in [1.29, 1.82) is 0 Å². The number of likely N-dealkylation sites (N-methyl/N-ethyl adjacent to an activating group) is 1. The van der Waals surface area contributed by atoms with Gasteiger partial charge in [-0.05, 0) is 74.2 Å². The number of piperidine rings is 1. The number of nitrogens with one attached hydrogen (secondary N) is 1. The zero-order valence-electron chi connectivity index (χ0n) is 35.3. The van der Waals surface area contributed by atoms with Gasteiger partial charge in [0.05, 0.1) is 33.0 Å². The lowest BCUT2D eigenvalue weighted by molar-refractivity contribution is -0.228. The second kappa shape index (κ2) is 13.8. The maximum atomic E-state index is 15.3. The molecule has 1 unspecified atom stereocenters. The molecule has 0 amide bonds. The fourth-order valence-corrected chi connectivity index (χ4v) is 13.5. The van der Waals surface area contributed by atoms with E-state index in [2.05, 4.69) is 39.1 Å². The van der Waals surface area contributed by atoms with E-state index in [1.807, 2.05) is 50.1 Å². The zero-order chi connectivity index (χ0) is 41.9. The highest BCUT2D eigenvalue weighted by atomic mass is 16.6. The standard InChI is InChI=1S/C46H58N4O9/c1-8-42(54)23-28-24-45(40(52)57-6,36-30(15-19-49(25-28)26-42)29-13-10-11-14-33(29)47-36)32-21-31-34(22-35(32)56-5)48(4)38-44(31)17-20-50-18-12-16-43(9-2,37(44)50)39(59-27(3)51)46(38,55)41(53)58-7/h10-14,16,21-22,28,37-39,47,54-55H,8-9,15,17-20,23-26H2,1-7H3/t28-,37+,38+,39-,42+,43-,44-,45-,46-/m1/s1. The fraction of sp³-hybridized carbons (Fsp3) is 0.587.